The van der Waals surface area contributed by atoms with Crippen LogP contribution in [0.4, 0.5) is 0 Å². The number of ether oxygens (including phenoxy) is 1. The largest absolute Gasteiger partial charge is 0.389 e. The predicted octanol–water partition coefficient (Wildman–Crippen LogP) is 4.11. The molecule has 1 aromatic heterocycles. The van der Waals surface area contributed by atoms with Crippen molar-refractivity contribution in [1.82, 2.24) is 14.2 Å². The maximum Gasteiger partial charge on any atom is 0.261 e. The highest BCUT2D eigenvalue weighted by atomic mass is 32.2. The number of allylic oxidation sites excluding steroid dienone is 1. The molecule has 4 heterocycles. The van der Waals surface area contributed by atoms with E-state index in [9.17, 15) is 8.42 Å². The van der Waals surface area contributed by atoms with Crippen molar-refractivity contribution < 1.29 is 18.0 Å². The number of hydrogen-bond donors (Lipinski definition) is 2. The van der Waals surface area contributed by atoms with Crippen LogP contribution in [0.5, 0.6) is 0 Å². The van der Waals surface area contributed by atoms with Gasteiger partial charge in [0.15, 0.2) is 0 Å². The zero-order chi connectivity index (χ0) is 27.1. The average molecular weight is 542 g/mol. The predicted molar refractivity (Wildman–Crippen MR) is 150 cm³/mol. The van der Waals surface area contributed by atoms with Gasteiger partial charge in [0.1, 0.15) is 5.70 Å². The third kappa shape index (κ3) is 4.52. The molecule has 1 fully saturated rings. The third-order valence-corrected chi connectivity index (χ3v) is 9.58. The summed E-state index contributed by atoms with van der Waals surface area (Å²) < 4.78 is 36.3. The summed E-state index contributed by atoms with van der Waals surface area (Å²) in [5.41, 5.74) is 4.69. The van der Waals surface area contributed by atoms with Crippen LogP contribution in [0.3, 0.4) is 0 Å². The molecule has 9 nitrogen and oxygen atoms in total. The summed E-state index contributed by atoms with van der Waals surface area (Å²) in [6.07, 6.45) is 8.08. The standard InChI is InChI=1S/C28H39N5O4S/c1-5-11-28-12-6-14-32-15-10-21-22-17-20(38(34,35)30-13-7-16-36-4)8-9-23(22)33(25(21)26(28)32)24(18-28)27(37-29)31-19(2)3/h8-9,17-18,26,30H,2,5-7,10-16,29H2,1,3-4H3/t26?,28-/m0/s1. The number of fused-ring (bicyclic) bond motifs is 3. The lowest BCUT2D eigenvalue weighted by Gasteiger charge is -2.53. The van der Waals surface area contributed by atoms with Crippen LogP contribution in [-0.2, 0) is 26.0 Å². The molecule has 3 aliphatic heterocycles. The minimum absolute atomic E-state index is 0.0753. The van der Waals surface area contributed by atoms with E-state index in [4.69, 9.17) is 15.5 Å². The second-order valence-electron chi connectivity index (χ2n) is 10.7. The molecule has 1 saturated heterocycles. The molecule has 2 aromatic rings. The number of nitrogens with two attached hydrogens (primary N) is 1. The van der Waals surface area contributed by atoms with Crippen LogP contribution in [0.15, 0.2) is 46.4 Å². The normalized spacial score (nSPS) is 23.3. The Balaban J connectivity index is 1.72. The minimum atomic E-state index is -3.66. The Hall–Kier alpha value is -2.50. The van der Waals surface area contributed by atoms with E-state index in [1.165, 1.54) is 11.3 Å². The van der Waals surface area contributed by atoms with E-state index in [1.54, 1.807) is 13.2 Å². The number of piperidine rings is 1. The summed E-state index contributed by atoms with van der Waals surface area (Å²) in [4.78, 5) is 12.8. The molecule has 3 N–H and O–H groups in total. The molecule has 206 valence electrons. The van der Waals surface area contributed by atoms with Crippen LogP contribution in [0.1, 0.15) is 63.3 Å². The zero-order valence-electron chi connectivity index (χ0n) is 22.6. The number of benzene rings is 1. The number of aromatic nitrogens is 1. The Morgan fingerprint density at radius 2 is 2.16 bits per heavy atom. The quantitative estimate of drug-likeness (QED) is 0.203. The molecule has 10 heteroatoms. The number of nitrogens with one attached hydrogen (secondary N) is 1. The highest BCUT2D eigenvalue weighted by molar-refractivity contribution is 7.89. The van der Waals surface area contributed by atoms with Crippen molar-refractivity contribution >= 4 is 32.5 Å². The first-order chi connectivity index (χ1) is 18.3. The molecular weight excluding hydrogens is 502 g/mol. The van der Waals surface area contributed by atoms with Crippen molar-refractivity contribution in [3.8, 4) is 0 Å². The fourth-order valence-electron chi connectivity index (χ4n) is 6.78. The van der Waals surface area contributed by atoms with Gasteiger partial charge >= 0.3 is 0 Å². The van der Waals surface area contributed by atoms with Gasteiger partial charge in [-0.25, -0.2) is 18.1 Å². The van der Waals surface area contributed by atoms with Gasteiger partial charge in [0.05, 0.1) is 16.5 Å². The molecule has 5 rings (SSSR count). The van der Waals surface area contributed by atoms with Crippen LogP contribution < -0.4 is 10.6 Å². The maximum atomic E-state index is 13.2. The van der Waals surface area contributed by atoms with Gasteiger partial charge in [-0.05, 0) is 75.4 Å². The number of nitrogens with zero attached hydrogens (tertiary/aromatic N) is 3. The van der Waals surface area contributed by atoms with E-state index in [1.807, 2.05) is 19.1 Å². The van der Waals surface area contributed by atoms with Crippen LogP contribution >= 0.6 is 0 Å². The minimum Gasteiger partial charge on any atom is -0.389 e. The molecule has 1 unspecified atom stereocenters. The average Bonchev–Trinajstić information content (AvgIpc) is 3.23. The molecule has 0 aliphatic carbocycles. The summed E-state index contributed by atoms with van der Waals surface area (Å²) >= 11 is 0. The van der Waals surface area contributed by atoms with Crippen molar-refractivity contribution in [2.24, 2.45) is 16.3 Å². The summed E-state index contributed by atoms with van der Waals surface area (Å²) in [6, 6.07) is 5.62. The molecule has 0 saturated carbocycles. The van der Waals surface area contributed by atoms with Crippen LogP contribution in [-0.4, -0.2) is 57.1 Å². The summed E-state index contributed by atoms with van der Waals surface area (Å²) in [5.74, 6) is 6.13. The summed E-state index contributed by atoms with van der Waals surface area (Å²) in [6.45, 7) is 10.8. The first kappa shape index (κ1) is 27.1. The number of methoxy groups -OCH3 is 1. The highest BCUT2D eigenvalue weighted by Gasteiger charge is 2.51. The SMILES string of the molecule is C=C(C)N=C(ON)C1=C[C@]2(CCC)CCCN3CCc4c(n1c1ccc(S(=O)(=O)NCCCOC)cc41)C32. The van der Waals surface area contributed by atoms with Crippen molar-refractivity contribution in [3.63, 3.8) is 0 Å². The van der Waals surface area contributed by atoms with Gasteiger partial charge < -0.3 is 14.1 Å². The smallest absolute Gasteiger partial charge is 0.261 e. The van der Waals surface area contributed by atoms with Gasteiger partial charge in [-0.15, -0.1) is 0 Å². The first-order valence-electron chi connectivity index (χ1n) is 13.5. The van der Waals surface area contributed by atoms with Gasteiger partial charge in [-0.2, -0.15) is 5.90 Å². The van der Waals surface area contributed by atoms with Gasteiger partial charge in [0.25, 0.3) is 5.90 Å². The first-order valence-corrected chi connectivity index (χ1v) is 15.0. The number of rotatable bonds is 10. The topological polar surface area (TPSA) is 111 Å². The Morgan fingerprint density at radius 1 is 1.34 bits per heavy atom. The second-order valence-corrected chi connectivity index (χ2v) is 12.5. The number of hydrogen-bond acceptors (Lipinski definition) is 7. The highest BCUT2D eigenvalue weighted by Crippen LogP contribution is 2.57. The number of aliphatic imine (C=N–C) groups is 1. The lowest BCUT2D eigenvalue weighted by Crippen LogP contribution is -2.51. The van der Waals surface area contributed by atoms with Gasteiger partial charge in [0, 0.05) is 49.0 Å². The molecular formula is C28H39N5O4S. The van der Waals surface area contributed by atoms with Crippen LogP contribution in [0.2, 0.25) is 0 Å². The molecule has 0 spiro atoms. The van der Waals surface area contributed by atoms with E-state index >= 15 is 0 Å². The molecule has 3 aliphatic rings. The van der Waals surface area contributed by atoms with Crippen LogP contribution in [0.25, 0.3) is 16.6 Å². The van der Waals surface area contributed by atoms with Gasteiger partial charge in [0.2, 0.25) is 10.0 Å². The Bertz CT molecular complexity index is 1410. The molecule has 2 atom stereocenters. The van der Waals surface area contributed by atoms with Gasteiger partial charge in [-0.1, -0.05) is 19.9 Å². The Labute approximate surface area is 225 Å². The lowest BCUT2D eigenvalue weighted by atomic mass is 9.65. The van der Waals surface area contributed by atoms with Crippen molar-refractivity contribution in [1.29, 1.82) is 0 Å². The zero-order valence-corrected chi connectivity index (χ0v) is 23.4. The number of sulfonamides is 1. The molecule has 1 aromatic carbocycles. The monoisotopic (exact) mass is 541 g/mol. The van der Waals surface area contributed by atoms with E-state index in [-0.39, 0.29) is 16.4 Å². The molecule has 0 radical (unpaired) electrons. The fourth-order valence-corrected chi connectivity index (χ4v) is 7.88. The van der Waals surface area contributed by atoms with Crippen molar-refractivity contribution in [2.45, 2.75) is 63.3 Å². The van der Waals surface area contributed by atoms with E-state index in [0.717, 1.165) is 61.8 Å². The molecule has 38 heavy (non-hydrogen) atoms. The Kier molecular flexibility index (Phi) is 7.54. The van der Waals surface area contributed by atoms with Gasteiger partial charge in [-0.3, -0.25) is 4.90 Å². The summed E-state index contributed by atoms with van der Waals surface area (Å²) in [7, 11) is -2.05. The Morgan fingerprint density at radius 3 is 2.87 bits per heavy atom. The van der Waals surface area contributed by atoms with Crippen LogP contribution in [0, 0.1) is 5.41 Å². The lowest BCUT2D eigenvalue weighted by molar-refractivity contribution is 0.0237. The van der Waals surface area contributed by atoms with E-state index in [0.29, 0.717) is 31.2 Å². The second kappa shape index (κ2) is 10.6. The third-order valence-electron chi connectivity index (χ3n) is 8.12. The molecule has 0 amide bonds. The van der Waals surface area contributed by atoms with E-state index < -0.39 is 10.0 Å². The van der Waals surface area contributed by atoms with Crippen molar-refractivity contribution in [3.05, 3.63) is 47.8 Å². The fraction of sp³-hybridized carbons (Fsp3) is 0.536. The summed E-state index contributed by atoms with van der Waals surface area (Å²) in [5, 5.41) is 0.954. The van der Waals surface area contributed by atoms with Crippen molar-refractivity contribution in [2.75, 3.05) is 33.4 Å². The maximum absolute atomic E-state index is 13.2. The van der Waals surface area contributed by atoms with E-state index in [2.05, 4.69) is 38.8 Å². The molecule has 0 bridgehead atoms.